The summed E-state index contributed by atoms with van der Waals surface area (Å²) in [6, 6.07) is 16.6. The number of aliphatic hydroxyl groups excluding tert-OH is 1. The van der Waals surface area contributed by atoms with Gasteiger partial charge >= 0.3 is 0 Å². The van der Waals surface area contributed by atoms with Crippen molar-refractivity contribution in [2.45, 2.75) is 13.3 Å². The van der Waals surface area contributed by atoms with E-state index in [1.165, 1.54) is 22.3 Å². The van der Waals surface area contributed by atoms with E-state index in [9.17, 15) is 0 Å². The standard InChI is InChI=1S/C15H16O/c1-12-13(10-11-16)8-5-9-15(12)14-6-3-2-4-7-14/h2-9,16H,10-11H2,1H3. The molecule has 2 aromatic rings. The fourth-order valence-electron chi connectivity index (χ4n) is 2.01. The van der Waals surface area contributed by atoms with Crippen LogP contribution in [0, 0.1) is 6.92 Å². The molecule has 0 aliphatic rings. The van der Waals surface area contributed by atoms with Crippen LogP contribution >= 0.6 is 0 Å². The Morgan fingerprint density at radius 2 is 1.69 bits per heavy atom. The van der Waals surface area contributed by atoms with E-state index in [-0.39, 0.29) is 6.61 Å². The maximum Gasteiger partial charge on any atom is 0.0471 e. The molecular formula is C15H16O. The lowest BCUT2D eigenvalue weighted by molar-refractivity contribution is 0.299. The highest BCUT2D eigenvalue weighted by molar-refractivity contribution is 5.68. The zero-order valence-electron chi connectivity index (χ0n) is 9.48. The number of rotatable bonds is 3. The maximum absolute atomic E-state index is 9.01. The molecule has 0 aromatic heterocycles. The fourth-order valence-corrected chi connectivity index (χ4v) is 2.01. The normalized spacial score (nSPS) is 10.4. The fraction of sp³-hybridized carbons (Fsp3) is 0.200. The second kappa shape index (κ2) is 4.95. The summed E-state index contributed by atoms with van der Waals surface area (Å²) in [6.07, 6.45) is 0.729. The predicted molar refractivity (Wildman–Crippen MR) is 67.4 cm³/mol. The van der Waals surface area contributed by atoms with Gasteiger partial charge in [-0.2, -0.15) is 0 Å². The molecule has 0 heterocycles. The molecular weight excluding hydrogens is 196 g/mol. The molecule has 0 unspecified atom stereocenters. The molecule has 0 spiro atoms. The van der Waals surface area contributed by atoms with E-state index in [0.29, 0.717) is 0 Å². The zero-order chi connectivity index (χ0) is 11.4. The van der Waals surface area contributed by atoms with E-state index in [1.807, 2.05) is 18.2 Å². The van der Waals surface area contributed by atoms with Gasteiger partial charge in [-0.05, 0) is 35.6 Å². The van der Waals surface area contributed by atoms with Crippen molar-refractivity contribution in [2.24, 2.45) is 0 Å². The highest BCUT2D eigenvalue weighted by atomic mass is 16.2. The summed E-state index contributed by atoms with van der Waals surface area (Å²) in [5.41, 5.74) is 4.98. The molecule has 0 aliphatic heterocycles. The molecule has 2 aromatic carbocycles. The van der Waals surface area contributed by atoms with E-state index >= 15 is 0 Å². The molecule has 16 heavy (non-hydrogen) atoms. The van der Waals surface area contributed by atoms with E-state index in [0.717, 1.165) is 6.42 Å². The lowest BCUT2D eigenvalue weighted by Crippen LogP contribution is -1.95. The third kappa shape index (κ3) is 2.15. The van der Waals surface area contributed by atoms with Gasteiger partial charge in [-0.1, -0.05) is 48.5 Å². The molecule has 1 N–H and O–H groups in total. The van der Waals surface area contributed by atoms with Crippen LogP contribution in [0.2, 0.25) is 0 Å². The van der Waals surface area contributed by atoms with Crippen LogP contribution in [-0.2, 0) is 6.42 Å². The van der Waals surface area contributed by atoms with Crippen molar-refractivity contribution >= 4 is 0 Å². The van der Waals surface area contributed by atoms with Crippen LogP contribution in [0.3, 0.4) is 0 Å². The summed E-state index contributed by atoms with van der Waals surface area (Å²) in [4.78, 5) is 0. The van der Waals surface area contributed by atoms with Crippen LogP contribution in [0.1, 0.15) is 11.1 Å². The molecule has 0 amide bonds. The van der Waals surface area contributed by atoms with Crippen LogP contribution in [0.25, 0.3) is 11.1 Å². The van der Waals surface area contributed by atoms with Crippen molar-refractivity contribution in [1.29, 1.82) is 0 Å². The Labute approximate surface area is 96.4 Å². The first-order valence-electron chi connectivity index (χ1n) is 5.57. The molecule has 0 saturated heterocycles. The third-order valence-corrected chi connectivity index (χ3v) is 2.91. The number of hydrogen-bond donors (Lipinski definition) is 1. The van der Waals surface area contributed by atoms with Crippen molar-refractivity contribution in [3.05, 3.63) is 59.7 Å². The van der Waals surface area contributed by atoms with Gasteiger partial charge < -0.3 is 5.11 Å². The molecule has 82 valence electrons. The molecule has 0 fully saturated rings. The number of hydrogen-bond acceptors (Lipinski definition) is 1. The Bertz CT molecular complexity index is 460. The monoisotopic (exact) mass is 212 g/mol. The minimum Gasteiger partial charge on any atom is -0.396 e. The molecule has 1 nitrogen and oxygen atoms in total. The molecule has 0 atom stereocenters. The average Bonchev–Trinajstić information content (AvgIpc) is 2.33. The van der Waals surface area contributed by atoms with Gasteiger partial charge in [-0.15, -0.1) is 0 Å². The summed E-state index contributed by atoms with van der Waals surface area (Å²) >= 11 is 0. The van der Waals surface area contributed by atoms with Crippen molar-refractivity contribution in [3.63, 3.8) is 0 Å². The number of benzene rings is 2. The van der Waals surface area contributed by atoms with Crippen molar-refractivity contribution in [1.82, 2.24) is 0 Å². The van der Waals surface area contributed by atoms with E-state index in [2.05, 4.69) is 37.3 Å². The lowest BCUT2D eigenvalue weighted by atomic mass is 9.95. The first-order chi connectivity index (χ1) is 7.83. The van der Waals surface area contributed by atoms with Gasteiger partial charge in [0.1, 0.15) is 0 Å². The van der Waals surface area contributed by atoms with Crippen molar-refractivity contribution < 1.29 is 5.11 Å². The average molecular weight is 212 g/mol. The summed E-state index contributed by atoms with van der Waals surface area (Å²) in [7, 11) is 0. The van der Waals surface area contributed by atoms with Crippen LogP contribution in [0.4, 0.5) is 0 Å². The van der Waals surface area contributed by atoms with E-state index in [4.69, 9.17) is 5.11 Å². The van der Waals surface area contributed by atoms with E-state index < -0.39 is 0 Å². The Morgan fingerprint density at radius 3 is 2.38 bits per heavy atom. The Hall–Kier alpha value is -1.60. The summed E-state index contributed by atoms with van der Waals surface area (Å²) in [5.74, 6) is 0. The quantitative estimate of drug-likeness (QED) is 0.828. The highest BCUT2D eigenvalue weighted by Gasteiger charge is 2.04. The molecule has 2 rings (SSSR count). The lowest BCUT2D eigenvalue weighted by Gasteiger charge is -2.10. The first kappa shape index (κ1) is 10.9. The van der Waals surface area contributed by atoms with Gasteiger partial charge in [-0.25, -0.2) is 0 Å². The van der Waals surface area contributed by atoms with Crippen LogP contribution in [0.15, 0.2) is 48.5 Å². The van der Waals surface area contributed by atoms with Crippen LogP contribution < -0.4 is 0 Å². The van der Waals surface area contributed by atoms with Gasteiger partial charge in [0, 0.05) is 6.61 Å². The van der Waals surface area contributed by atoms with Crippen molar-refractivity contribution in [3.8, 4) is 11.1 Å². The first-order valence-corrected chi connectivity index (χ1v) is 5.57. The minimum absolute atomic E-state index is 0.207. The smallest absolute Gasteiger partial charge is 0.0471 e. The molecule has 0 aliphatic carbocycles. The topological polar surface area (TPSA) is 20.2 Å². The van der Waals surface area contributed by atoms with E-state index in [1.54, 1.807) is 0 Å². The Morgan fingerprint density at radius 1 is 0.938 bits per heavy atom. The summed E-state index contributed by atoms with van der Waals surface area (Å²) < 4.78 is 0. The van der Waals surface area contributed by atoms with Gasteiger partial charge in [0.25, 0.3) is 0 Å². The second-order valence-electron chi connectivity index (χ2n) is 3.93. The molecule has 0 radical (unpaired) electrons. The second-order valence-corrected chi connectivity index (χ2v) is 3.93. The van der Waals surface area contributed by atoms with Crippen LogP contribution in [-0.4, -0.2) is 11.7 Å². The SMILES string of the molecule is Cc1c(CCO)cccc1-c1ccccc1. The molecule has 1 heteroatoms. The third-order valence-electron chi connectivity index (χ3n) is 2.91. The van der Waals surface area contributed by atoms with Crippen molar-refractivity contribution in [2.75, 3.05) is 6.61 Å². The Balaban J connectivity index is 2.46. The largest absolute Gasteiger partial charge is 0.396 e. The van der Waals surface area contributed by atoms with Gasteiger partial charge in [0.05, 0.1) is 0 Å². The number of aliphatic hydroxyl groups is 1. The van der Waals surface area contributed by atoms with Gasteiger partial charge in [-0.3, -0.25) is 0 Å². The van der Waals surface area contributed by atoms with Gasteiger partial charge in [0.15, 0.2) is 0 Å². The summed E-state index contributed by atoms with van der Waals surface area (Å²) in [6.45, 7) is 2.33. The van der Waals surface area contributed by atoms with Gasteiger partial charge in [0.2, 0.25) is 0 Å². The minimum atomic E-state index is 0.207. The predicted octanol–water partition coefficient (Wildman–Crippen LogP) is 3.20. The highest BCUT2D eigenvalue weighted by Crippen LogP contribution is 2.25. The molecule has 0 bridgehead atoms. The summed E-state index contributed by atoms with van der Waals surface area (Å²) in [5, 5.41) is 9.01. The van der Waals surface area contributed by atoms with Crippen LogP contribution in [0.5, 0.6) is 0 Å². The molecule has 0 saturated carbocycles. The maximum atomic E-state index is 9.01. The Kier molecular flexibility index (Phi) is 3.37. The zero-order valence-corrected chi connectivity index (χ0v) is 9.48.